The van der Waals surface area contributed by atoms with Crippen LogP contribution in [-0.2, 0) is 0 Å². The highest BCUT2D eigenvalue weighted by Crippen LogP contribution is 2.24. The van der Waals surface area contributed by atoms with Crippen LogP contribution in [0.3, 0.4) is 0 Å². The first-order valence-electron chi connectivity index (χ1n) is 9.63. The van der Waals surface area contributed by atoms with E-state index in [1.807, 2.05) is 24.1 Å². The molecule has 154 valence electrons. The lowest BCUT2D eigenvalue weighted by atomic mass is 10.2. The fourth-order valence-electron chi connectivity index (χ4n) is 3.10. The lowest BCUT2D eigenvalue weighted by Gasteiger charge is -2.21. The first-order chi connectivity index (χ1) is 14.0. The molecule has 0 unspecified atom stereocenters. The Bertz CT molecular complexity index is 834. The maximum atomic E-state index is 6.01. The third-order valence-electron chi connectivity index (χ3n) is 4.54. The molecule has 1 fully saturated rings. The van der Waals surface area contributed by atoms with Crippen LogP contribution in [0.15, 0.2) is 64.7 Å². The Balaban J connectivity index is 1.43. The van der Waals surface area contributed by atoms with E-state index in [-0.39, 0.29) is 0 Å². The first kappa shape index (κ1) is 22.2. The zero-order chi connectivity index (χ0) is 20.6. The molecule has 2 aromatic carbocycles. The summed E-state index contributed by atoms with van der Waals surface area (Å²) in [7, 11) is 0. The molecule has 0 saturated carbocycles. The summed E-state index contributed by atoms with van der Waals surface area (Å²) in [6.45, 7) is 11.2. The third-order valence-corrected chi connectivity index (χ3v) is 6.08. The van der Waals surface area contributed by atoms with Crippen LogP contribution in [0.4, 0.5) is 0 Å². The molecule has 1 heterocycles. The Hall–Kier alpha value is -1.50. The molecule has 1 saturated heterocycles. The number of hydrazone groups is 1. The summed E-state index contributed by atoms with van der Waals surface area (Å²) in [6.07, 6.45) is 2.84. The summed E-state index contributed by atoms with van der Waals surface area (Å²) < 4.78 is 2.45. The van der Waals surface area contributed by atoms with E-state index < -0.39 is 0 Å². The highest BCUT2D eigenvalue weighted by molar-refractivity contribution is 7.97. The normalized spacial score (nSPS) is 16.1. The van der Waals surface area contributed by atoms with E-state index >= 15 is 0 Å². The highest BCUT2D eigenvalue weighted by Gasteiger charge is 2.16. The highest BCUT2D eigenvalue weighted by atomic mass is 35.5. The van der Waals surface area contributed by atoms with Gasteiger partial charge in [0.05, 0.1) is 6.21 Å². The van der Waals surface area contributed by atoms with Crippen molar-refractivity contribution in [2.24, 2.45) is 5.10 Å². The summed E-state index contributed by atoms with van der Waals surface area (Å²) in [5.74, 6) is 0. The van der Waals surface area contributed by atoms with Gasteiger partial charge in [-0.05, 0) is 67.7 Å². The lowest BCUT2D eigenvalue weighted by molar-refractivity contribution is 0.307. The minimum Gasteiger partial charge on any atom is -0.296 e. The van der Waals surface area contributed by atoms with Crippen LogP contribution in [0.5, 0.6) is 0 Å². The van der Waals surface area contributed by atoms with E-state index in [0.717, 1.165) is 50.4 Å². The lowest BCUT2D eigenvalue weighted by Crippen LogP contribution is -2.32. The van der Waals surface area contributed by atoms with Crippen molar-refractivity contribution in [3.8, 4) is 0 Å². The van der Waals surface area contributed by atoms with Gasteiger partial charge in [-0.25, -0.2) is 4.31 Å². The largest absolute Gasteiger partial charge is 0.296 e. The van der Waals surface area contributed by atoms with E-state index in [1.165, 1.54) is 10.5 Å². The number of halogens is 2. The first-order valence-corrected chi connectivity index (χ1v) is 11.2. The average molecular weight is 449 g/mol. The molecule has 29 heavy (non-hydrogen) atoms. The molecular formula is C22H26Cl2N4S. The summed E-state index contributed by atoms with van der Waals surface area (Å²) in [5.41, 5.74) is 6.04. The molecule has 0 amide bonds. The van der Waals surface area contributed by atoms with Crippen molar-refractivity contribution < 1.29 is 0 Å². The van der Waals surface area contributed by atoms with Crippen LogP contribution < -0.4 is 5.43 Å². The molecule has 4 nitrogen and oxygen atoms in total. The summed E-state index contributed by atoms with van der Waals surface area (Å²) in [5, 5.41) is 5.44. The van der Waals surface area contributed by atoms with Gasteiger partial charge in [0.2, 0.25) is 0 Å². The number of hydrogen-bond donors (Lipinski definition) is 1. The molecule has 1 aliphatic heterocycles. The Kier molecular flexibility index (Phi) is 8.45. The van der Waals surface area contributed by atoms with Gasteiger partial charge in [-0.15, -0.1) is 0 Å². The third kappa shape index (κ3) is 7.68. The standard InChI is InChI=1S/C22H26Cl2N4S/c1-17-4-6-22(7-5-17)29-28-9-3-8-27(10-11-28)16-18(2)26-25-15-19-12-20(23)14-21(24)13-19/h4-7,12-15,26H,2-3,8-11,16H2,1H3/b25-15+. The van der Waals surface area contributed by atoms with E-state index in [1.54, 1.807) is 12.3 Å². The zero-order valence-electron chi connectivity index (χ0n) is 16.6. The van der Waals surface area contributed by atoms with Gasteiger partial charge < -0.3 is 0 Å². The predicted octanol–water partition coefficient (Wildman–Crippen LogP) is 5.45. The quantitative estimate of drug-likeness (QED) is 0.346. The molecule has 0 atom stereocenters. The van der Waals surface area contributed by atoms with Crippen LogP contribution in [0.25, 0.3) is 0 Å². The van der Waals surface area contributed by atoms with Crippen LogP contribution in [0.1, 0.15) is 17.5 Å². The second-order valence-electron chi connectivity index (χ2n) is 7.14. The van der Waals surface area contributed by atoms with E-state index in [9.17, 15) is 0 Å². The SMILES string of the molecule is C=C(CN1CCCN(Sc2ccc(C)cc2)CC1)N/N=C/c1cc(Cl)cc(Cl)c1. The van der Waals surface area contributed by atoms with Gasteiger partial charge in [0.25, 0.3) is 0 Å². The van der Waals surface area contributed by atoms with Crippen molar-refractivity contribution in [3.05, 3.63) is 75.9 Å². The molecule has 1 N–H and O–H groups in total. The van der Waals surface area contributed by atoms with Crippen molar-refractivity contribution in [3.63, 3.8) is 0 Å². The zero-order valence-corrected chi connectivity index (χ0v) is 18.9. The fraction of sp³-hybridized carbons (Fsp3) is 0.318. The van der Waals surface area contributed by atoms with E-state index in [0.29, 0.717) is 10.0 Å². The van der Waals surface area contributed by atoms with Crippen LogP contribution in [0.2, 0.25) is 10.0 Å². The van der Waals surface area contributed by atoms with Gasteiger partial charge in [0.1, 0.15) is 0 Å². The molecule has 0 aliphatic carbocycles. The van der Waals surface area contributed by atoms with Crippen LogP contribution in [-0.4, -0.2) is 48.1 Å². The molecular weight excluding hydrogens is 423 g/mol. The predicted molar refractivity (Wildman–Crippen MR) is 126 cm³/mol. The van der Waals surface area contributed by atoms with Crippen molar-refractivity contribution >= 4 is 41.4 Å². The van der Waals surface area contributed by atoms with Gasteiger partial charge >= 0.3 is 0 Å². The second-order valence-corrected chi connectivity index (χ2v) is 9.18. The minimum atomic E-state index is 0.593. The summed E-state index contributed by atoms with van der Waals surface area (Å²) >= 11 is 13.9. The molecule has 0 radical (unpaired) electrons. The summed E-state index contributed by atoms with van der Waals surface area (Å²) in [6, 6.07) is 14.1. The maximum Gasteiger partial charge on any atom is 0.0545 e. The minimum absolute atomic E-state index is 0.593. The van der Waals surface area contributed by atoms with Crippen LogP contribution in [0, 0.1) is 6.92 Å². The van der Waals surface area contributed by atoms with Gasteiger partial charge in [-0.1, -0.05) is 47.5 Å². The maximum absolute atomic E-state index is 6.01. The Morgan fingerprint density at radius 2 is 1.83 bits per heavy atom. The number of rotatable bonds is 7. The van der Waals surface area contributed by atoms with Crippen molar-refractivity contribution in [2.45, 2.75) is 18.2 Å². The Morgan fingerprint density at radius 1 is 1.10 bits per heavy atom. The average Bonchev–Trinajstić information content (AvgIpc) is 2.88. The topological polar surface area (TPSA) is 30.9 Å². The smallest absolute Gasteiger partial charge is 0.0545 e. The number of hydrogen-bond acceptors (Lipinski definition) is 5. The van der Waals surface area contributed by atoms with Gasteiger partial charge in [-0.3, -0.25) is 10.3 Å². The number of benzene rings is 2. The molecule has 3 rings (SSSR count). The molecule has 1 aliphatic rings. The monoisotopic (exact) mass is 448 g/mol. The van der Waals surface area contributed by atoms with Crippen molar-refractivity contribution in [1.82, 2.24) is 14.6 Å². The molecule has 0 spiro atoms. The molecule has 0 bridgehead atoms. The van der Waals surface area contributed by atoms with Crippen molar-refractivity contribution in [1.29, 1.82) is 0 Å². The Labute approximate surface area is 187 Å². The number of nitrogens with zero attached hydrogens (tertiary/aromatic N) is 3. The fourth-order valence-corrected chi connectivity index (χ4v) is 4.59. The number of aryl methyl sites for hydroxylation is 1. The van der Waals surface area contributed by atoms with E-state index in [2.05, 4.69) is 57.5 Å². The molecule has 7 heteroatoms. The van der Waals surface area contributed by atoms with E-state index in [4.69, 9.17) is 23.2 Å². The van der Waals surface area contributed by atoms with Gasteiger partial charge in [0.15, 0.2) is 0 Å². The number of nitrogens with one attached hydrogen (secondary N) is 1. The molecule has 2 aromatic rings. The summed E-state index contributed by atoms with van der Waals surface area (Å²) in [4.78, 5) is 3.71. The van der Waals surface area contributed by atoms with Crippen LogP contribution >= 0.6 is 35.1 Å². The van der Waals surface area contributed by atoms with Gasteiger partial charge in [0, 0.05) is 46.8 Å². The van der Waals surface area contributed by atoms with Crippen molar-refractivity contribution in [2.75, 3.05) is 32.7 Å². The van der Waals surface area contributed by atoms with Gasteiger partial charge in [-0.2, -0.15) is 5.10 Å². The molecule has 0 aromatic heterocycles. The second kappa shape index (κ2) is 11.0. The Morgan fingerprint density at radius 3 is 2.55 bits per heavy atom.